The molecule has 0 spiro atoms. The molecule has 0 unspecified atom stereocenters. The Kier molecular flexibility index (Phi) is 5.13. The van der Waals surface area contributed by atoms with Crippen LogP contribution >= 0.6 is 11.6 Å². The molecule has 3 aromatic rings. The van der Waals surface area contributed by atoms with Gasteiger partial charge in [0.2, 0.25) is 0 Å². The van der Waals surface area contributed by atoms with Crippen LogP contribution in [0.5, 0.6) is 0 Å². The minimum Gasteiger partial charge on any atom is -0.478 e. The second-order valence-electron chi connectivity index (χ2n) is 7.00. The third-order valence-electron chi connectivity index (χ3n) is 5.30. The van der Waals surface area contributed by atoms with E-state index < -0.39 is 5.97 Å². The van der Waals surface area contributed by atoms with Crippen molar-refractivity contribution >= 4 is 34.7 Å². The molecule has 1 aliphatic rings. The van der Waals surface area contributed by atoms with Crippen LogP contribution in [0.1, 0.15) is 49.8 Å². The van der Waals surface area contributed by atoms with Crippen molar-refractivity contribution in [3.8, 4) is 11.1 Å². The number of rotatable bonds is 5. The van der Waals surface area contributed by atoms with Crippen molar-refractivity contribution in [2.75, 3.05) is 0 Å². The number of fused-ring (bicyclic) bond motifs is 1. The van der Waals surface area contributed by atoms with Gasteiger partial charge in [0, 0.05) is 41.2 Å². The third kappa shape index (κ3) is 3.40. The lowest BCUT2D eigenvalue weighted by Crippen LogP contribution is -2.06. The van der Waals surface area contributed by atoms with Gasteiger partial charge >= 0.3 is 5.97 Å². The van der Waals surface area contributed by atoms with E-state index in [-0.39, 0.29) is 0 Å². The molecular formula is C21H21ClN4O2. The van der Waals surface area contributed by atoms with Crippen LogP contribution in [0.15, 0.2) is 30.6 Å². The molecule has 0 aromatic carbocycles. The number of pyridine rings is 2. The summed E-state index contributed by atoms with van der Waals surface area (Å²) < 4.78 is 1.88. The summed E-state index contributed by atoms with van der Waals surface area (Å²) in [5.41, 5.74) is 4.39. The molecule has 28 heavy (non-hydrogen) atoms. The van der Waals surface area contributed by atoms with Crippen LogP contribution in [0.3, 0.4) is 0 Å². The summed E-state index contributed by atoms with van der Waals surface area (Å²) in [6, 6.07) is 3.69. The molecule has 1 saturated carbocycles. The van der Waals surface area contributed by atoms with Crippen molar-refractivity contribution in [3.63, 3.8) is 0 Å². The van der Waals surface area contributed by atoms with Gasteiger partial charge in [0.25, 0.3) is 0 Å². The zero-order valence-electron chi connectivity index (χ0n) is 15.6. The minimum absolute atomic E-state index is 0.314. The highest BCUT2D eigenvalue weighted by Crippen LogP contribution is 2.41. The van der Waals surface area contributed by atoms with Crippen LogP contribution < -0.4 is 0 Å². The first kappa shape index (κ1) is 18.6. The van der Waals surface area contributed by atoms with Gasteiger partial charge in [0.05, 0.1) is 11.9 Å². The fraction of sp³-hybridized carbons (Fsp3) is 0.333. The number of nitrogens with zero attached hydrogens (tertiary/aromatic N) is 4. The van der Waals surface area contributed by atoms with E-state index in [2.05, 4.69) is 10.1 Å². The molecule has 0 radical (unpaired) electrons. The summed E-state index contributed by atoms with van der Waals surface area (Å²) >= 11 is 6.17. The summed E-state index contributed by atoms with van der Waals surface area (Å²) in [7, 11) is 0. The molecule has 3 heterocycles. The Labute approximate surface area is 167 Å². The lowest BCUT2D eigenvalue weighted by atomic mass is 9.90. The normalized spacial score (nSPS) is 15.1. The summed E-state index contributed by atoms with van der Waals surface area (Å²) in [6.07, 6.45) is 10.7. The van der Waals surface area contributed by atoms with Gasteiger partial charge in [-0.25, -0.2) is 19.4 Å². The average molecular weight is 397 g/mol. The van der Waals surface area contributed by atoms with Gasteiger partial charge in [-0.05, 0) is 43.5 Å². The zero-order valence-corrected chi connectivity index (χ0v) is 16.4. The molecule has 1 N–H and O–H groups in total. The quantitative estimate of drug-likeness (QED) is 0.489. The van der Waals surface area contributed by atoms with E-state index in [1.165, 1.54) is 6.08 Å². The molecule has 6 nitrogen and oxygen atoms in total. The van der Waals surface area contributed by atoms with Gasteiger partial charge in [-0.2, -0.15) is 5.10 Å². The summed E-state index contributed by atoms with van der Waals surface area (Å²) in [5, 5.41) is 15.0. The lowest BCUT2D eigenvalue weighted by Gasteiger charge is -2.18. The van der Waals surface area contributed by atoms with Crippen molar-refractivity contribution in [3.05, 3.63) is 47.0 Å². The predicted octanol–water partition coefficient (Wildman–Crippen LogP) is 4.92. The third-order valence-corrected chi connectivity index (χ3v) is 5.51. The molecule has 7 heteroatoms. The minimum atomic E-state index is -0.986. The maximum absolute atomic E-state index is 11.3. The number of aromatic nitrogens is 4. The molecule has 0 amide bonds. The van der Waals surface area contributed by atoms with E-state index in [1.54, 1.807) is 24.5 Å². The molecule has 0 saturated heterocycles. The van der Waals surface area contributed by atoms with E-state index in [9.17, 15) is 9.90 Å². The second-order valence-corrected chi connectivity index (χ2v) is 7.39. The smallest absolute Gasteiger partial charge is 0.328 e. The number of carbonyl (C=O) groups is 1. The number of aryl methyl sites for hydroxylation is 1. The highest BCUT2D eigenvalue weighted by Gasteiger charge is 2.26. The van der Waals surface area contributed by atoms with Gasteiger partial charge in [-0.1, -0.05) is 24.4 Å². The van der Waals surface area contributed by atoms with Crippen LogP contribution in [0.25, 0.3) is 28.2 Å². The monoisotopic (exact) mass is 396 g/mol. The second kappa shape index (κ2) is 7.72. The van der Waals surface area contributed by atoms with Gasteiger partial charge in [0.1, 0.15) is 5.15 Å². The largest absolute Gasteiger partial charge is 0.478 e. The average Bonchev–Trinajstić information content (AvgIpc) is 3.34. The molecule has 3 aromatic heterocycles. The van der Waals surface area contributed by atoms with Crippen molar-refractivity contribution in [1.82, 2.24) is 19.7 Å². The summed E-state index contributed by atoms with van der Waals surface area (Å²) in [5.74, 6) is -0.672. The number of aliphatic carboxylic acids is 1. The Morgan fingerprint density at radius 3 is 2.86 bits per heavy atom. The molecule has 1 aliphatic carbocycles. The van der Waals surface area contributed by atoms with Gasteiger partial charge in [0.15, 0.2) is 5.65 Å². The fourth-order valence-electron chi connectivity index (χ4n) is 4.05. The van der Waals surface area contributed by atoms with Crippen molar-refractivity contribution in [2.45, 2.75) is 45.1 Å². The van der Waals surface area contributed by atoms with Crippen LogP contribution in [0, 0.1) is 0 Å². The van der Waals surface area contributed by atoms with Crippen molar-refractivity contribution < 1.29 is 9.90 Å². The Morgan fingerprint density at radius 2 is 2.18 bits per heavy atom. The first-order chi connectivity index (χ1) is 13.6. The van der Waals surface area contributed by atoms with E-state index >= 15 is 0 Å². The maximum atomic E-state index is 11.3. The Hall–Kier alpha value is -2.73. The van der Waals surface area contributed by atoms with Crippen molar-refractivity contribution in [2.24, 2.45) is 0 Å². The number of carboxylic acids is 1. The Balaban J connectivity index is 2.08. The topological polar surface area (TPSA) is 80.9 Å². The van der Waals surface area contributed by atoms with Gasteiger partial charge < -0.3 is 5.11 Å². The number of halogens is 1. The summed E-state index contributed by atoms with van der Waals surface area (Å²) in [4.78, 5) is 20.3. The van der Waals surface area contributed by atoms with E-state index in [1.807, 2.05) is 17.7 Å². The predicted molar refractivity (Wildman–Crippen MR) is 109 cm³/mol. The van der Waals surface area contributed by atoms with Crippen LogP contribution in [-0.4, -0.2) is 30.8 Å². The van der Waals surface area contributed by atoms with E-state index in [0.29, 0.717) is 17.6 Å². The maximum Gasteiger partial charge on any atom is 0.328 e. The Bertz CT molecular complexity index is 1070. The molecule has 4 rings (SSSR count). The zero-order chi connectivity index (χ0) is 19.7. The SMILES string of the molecule is CCn1ncc2c(-c3ccnc(Cl)c3)c(/C=C/C(=O)O)c(C3CCCC3)nc21. The molecule has 0 bridgehead atoms. The van der Waals surface area contributed by atoms with Gasteiger partial charge in [-0.15, -0.1) is 0 Å². The molecule has 0 atom stereocenters. The van der Waals surface area contributed by atoms with E-state index in [0.717, 1.165) is 59.1 Å². The van der Waals surface area contributed by atoms with Crippen LogP contribution in [0.4, 0.5) is 0 Å². The fourth-order valence-corrected chi connectivity index (χ4v) is 4.23. The molecule has 1 fully saturated rings. The van der Waals surface area contributed by atoms with Crippen molar-refractivity contribution in [1.29, 1.82) is 0 Å². The molecular weight excluding hydrogens is 376 g/mol. The van der Waals surface area contributed by atoms with Crippen LogP contribution in [0.2, 0.25) is 5.15 Å². The first-order valence-electron chi connectivity index (χ1n) is 9.50. The number of hydrogen-bond donors (Lipinski definition) is 1. The Morgan fingerprint density at radius 1 is 1.39 bits per heavy atom. The highest BCUT2D eigenvalue weighted by atomic mass is 35.5. The highest BCUT2D eigenvalue weighted by molar-refractivity contribution is 6.29. The number of hydrogen-bond acceptors (Lipinski definition) is 4. The van der Waals surface area contributed by atoms with Gasteiger partial charge in [-0.3, -0.25) is 0 Å². The van der Waals surface area contributed by atoms with Crippen LogP contribution in [-0.2, 0) is 11.3 Å². The lowest BCUT2D eigenvalue weighted by molar-refractivity contribution is -0.131. The summed E-state index contributed by atoms with van der Waals surface area (Å²) in [6.45, 7) is 2.74. The van der Waals surface area contributed by atoms with E-state index in [4.69, 9.17) is 16.6 Å². The number of carboxylic acid groups (broad SMARTS) is 1. The molecule has 0 aliphatic heterocycles. The molecule has 144 valence electrons. The standard InChI is InChI=1S/C21H21ClN4O2/c1-2-26-21-16(12-24-26)19(14-9-10-23-17(22)11-14)15(7-8-18(27)28)20(25-21)13-5-3-4-6-13/h7-13H,2-6H2,1H3,(H,27,28)/b8-7+. The first-order valence-corrected chi connectivity index (χ1v) is 9.88.